The van der Waals surface area contributed by atoms with E-state index in [9.17, 15) is 18.0 Å². The molecule has 2 aromatic carbocycles. The van der Waals surface area contributed by atoms with Gasteiger partial charge in [0.1, 0.15) is 6.33 Å². The Balaban J connectivity index is 0.000000493. The van der Waals surface area contributed by atoms with Gasteiger partial charge in [-0.3, -0.25) is 14.9 Å². The highest BCUT2D eigenvalue weighted by Gasteiger charge is 2.39. The van der Waals surface area contributed by atoms with Crippen molar-refractivity contribution in [2.45, 2.75) is 43.9 Å². The van der Waals surface area contributed by atoms with E-state index in [0.29, 0.717) is 17.5 Å². The molecule has 2 fully saturated rings. The molecule has 2 unspecified atom stereocenters. The van der Waals surface area contributed by atoms with Gasteiger partial charge in [0.05, 0.1) is 0 Å². The Morgan fingerprint density at radius 1 is 0.951 bits per heavy atom. The quantitative estimate of drug-likeness (QED) is 0.233. The zero-order chi connectivity index (χ0) is 29.4. The van der Waals surface area contributed by atoms with Crippen molar-refractivity contribution in [1.82, 2.24) is 25.7 Å². The first-order valence-corrected chi connectivity index (χ1v) is 13.3. The molecule has 9 nitrogen and oxygen atoms in total. The van der Waals surface area contributed by atoms with Crippen molar-refractivity contribution in [2.24, 2.45) is 5.92 Å². The predicted molar refractivity (Wildman–Crippen MR) is 144 cm³/mol. The van der Waals surface area contributed by atoms with E-state index in [-0.39, 0.29) is 0 Å². The van der Waals surface area contributed by atoms with E-state index >= 15 is 0 Å². The van der Waals surface area contributed by atoms with E-state index in [4.69, 9.17) is 15.1 Å². The molecule has 218 valence electrons. The number of hydrogen-bond donors (Lipinski definition) is 4. The van der Waals surface area contributed by atoms with Crippen LogP contribution in [0.1, 0.15) is 46.7 Å². The number of carbonyl (C=O) groups excluding carboxylic acids is 1. The molecule has 3 aromatic rings. The van der Waals surface area contributed by atoms with Crippen LogP contribution in [0, 0.1) is 5.92 Å². The number of carboxylic acid groups (broad SMARTS) is 1. The first-order chi connectivity index (χ1) is 19.6. The van der Waals surface area contributed by atoms with Crippen molar-refractivity contribution in [3.63, 3.8) is 0 Å². The van der Waals surface area contributed by atoms with E-state index in [2.05, 4.69) is 44.5 Å². The van der Waals surface area contributed by atoms with Gasteiger partial charge in [-0.05, 0) is 73.6 Å². The molecule has 2 aliphatic rings. The number of carbonyl (C=O) groups is 2. The van der Waals surface area contributed by atoms with Gasteiger partial charge in [-0.25, -0.2) is 20.2 Å². The molecule has 1 aromatic heterocycles. The molecule has 1 aliphatic carbocycles. The Bertz CT molecular complexity index is 1280. The topological polar surface area (TPSA) is 128 Å². The lowest BCUT2D eigenvalue weighted by molar-refractivity contribution is -0.192. The molecule has 1 saturated carbocycles. The first-order valence-electron chi connectivity index (χ1n) is 13.3. The van der Waals surface area contributed by atoms with E-state index < -0.39 is 18.1 Å². The second kappa shape index (κ2) is 13.7. The number of nitrogens with zero attached hydrogens (tertiary/aromatic N) is 3. The molecule has 12 heteroatoms. The molecule has 0 radical (unpaired) electrons. The fraction of sp³-hybridized carbons (Fsp3) is 0.379. The molecular weight excluding hydrogens is 539 g/mol. The molecule has 41 heavy (non-hydrogen) atoms. The Kier molecular flexibility index (Phi) is 10.0. The number of benzene rings is 2. The van der Waals surface area contributed by atoms with Gasteiger partial charge >= 0.3 is 12.1 Å². The fourth-order valence-corrected chi connectivity index (χ4v) is 4.91. The molecular formula is C29H32F3N5O4. The number of hydroxylamine groups is 1. The Hall–Kier alpha value is -3.87. The standard InChI is InChI=1S/C27H31N5O2.C2HF3O2/c33-27(31-34)23-3-1-20(2-4-23)17-32-11-9-19(10-12-32)14-30-26-13-25(26)22-7-5-21(6-8-22)24-15-28-18-29-16-24;3-2(4,5)1(6)7/h1-8,15-16,18-19,25-26,30,34H,9-14,17H2,(H,31,33);(H,6,7). The third kappa shape index (κ3) is 8.81. The fourth-order valence-electron chi connectivity index (χ4n) is 4.91. The van der Waals surface area contributed by atoms with Crippen LogP contribution in [0.25, 0.3) is 11.1 Å². The van der Waals surface area contributed by atoms with Crippen molar-refractivity contribution in [1.29, 1.82) is 0 Å². The minimum absolute atomic E-state index is 0.469. The molecule has 1 saturated heterocycles. The van der Waals surface area contributed by atoms with Crippen LogP contribution < -0.4 is 10.8 Å². The SMILES string of the molecule is O=C(NO)c1ccc(CN2CCC(CNC3CC3c3ccc(-c4cncnc4)cc3)CC2)cc1.O=C(O)C(F)(F)F. The van der Waals surface area contributed by atoms with Gasteiger partial charge in [-0.2, -0.15) is 13.2 Å². The van der Waals surface area contributed by atoms with E-state index in [0.717, 1.165) is 43.2 Å². The number of hydrogen-bond acceptors (Lipinski definition) is 7. The van der Waals surface area contributed by atoms with Crippen LogP contribution in [0.4, 0.5) is 13.2 Å². The van der Waals surface area contributed by atoms with Crippen molar-refractivity contribution in [3.05, 3.63) is 83.9 Å². The summed E-state index contributed by atoms with van der Waals surface area (Å²) in [6, 6.07) is 16.9. The molecule has 1 amide bonds. The largest absolute Gasteiger partial charge is 0.490 e. The van der Waals surface area contributed by atoms with E-state index in [1.54, 1.807) is 23.9 Å². The van der Waals surface area contributed by atoms with Gasteiger partial charge in [0.25, 0.3) is 5.91 Å². The lowest BCUT2D eigenvalue weighted by Gasteiger charge is -2.32. The number of halogens is 3. The first kappa shape index (κ1) is 30.1. The van der Waals surface area contributed by atoms with Gasteiger partial charge in [-0.1, -0.05) is 36.4 Å². The average molecular weight is 572 g/mol. The zero-order valence-electron chi connectivity index (χ0n) is 22.2. The number of nitrogens with one attached hydrogen (secondary N) is 2. The van der Waals surface area contributed by atoms with Crippen LogP contribution in [-0.4, -0.2) is 68.9 Å². The minimum atomic E-state index is -5.08. The maximum Gasteiger partial charge on any atom is 0.490 e. The number of amides is 1. The lowest BCUT2D eigenvalue weighted by atomic mass is 9.96. The number of aromatic nitrogens is 2. The maximum absolute atomic E-state index is 11.5. The summed E-state index contributed by atoms with van der Waals surface area (Å²) in [5, 5.41) is 19.7. The maximum atomic E-state index is 11.5. The molecule has 5 rings (SSSR count). The summed E-state index contributed by atoms with van der Waals surface area (Å²) in [7, 11) is 0. The van der Waals surface area contributed by atoms with Crippen molar-refractivity contribution in [3.8, 4) is 11.1 Å². The Morgan fingerprint density at radius 3 is 2.12 bits per heavy atom. The summed E-state index contributed by atoms with van der Waals surface area (Å²) < 4.78 is 31.7. The molecule has 4 N–H and O–H groups in total. The number of likely N-dealkylation sites (tertiary alicyclic amines) is 1. The van der Waals surface area contributed by atoms with Crippen LogP contribution in [0.2, 0.25) is 0 Å². The molecule has 1 aliphatic heterocycles. The summed E-state index contributed by atoms with van der Waals surface area (Å²) in [4.78, 5) is 31.0. The van der Waals surface area contributed by atoms with Gasteiger partial charge in [0.2, 0.25) is 0 Å². The lowest BCUT2D eigenvalue weighted by Crippen LogP contribution is -2.37. The highest BCUT2D eigenvalue weighted by molar-refractivity contribution is 5.93. The number of carboxylic acids is 1. The second-order valence-corrected chi connectivity index (χ2v) is 10.3. The normalized spacial score (nSPS) is 19.1. The van der Waals surface area contributed by atoms with Crippen LogP contribution in [0.5, 0.6) is 0 Å². The summed E-state index contributed by atoms with van der Waals surface area (Å²) >= 11 is 0. The second-order valence-electron chi connectivity index (χ2n) is 10.3. The van der Waals surface area contributed by atoms with Crippen LogP contribution in [0.3, 0.4) is 0 Å². The third-order valence-corrected chi connectivity index (χ3v) is 7.37. The zero-order valence-corrected chi connectivity index (χ0v) is 22.2. The predicted octanol–water partition coefficient (Wildman–Crippen LogP) is 4.25. The van der Waals surface area contributed by atoms with Gasteiger partial charge in [-0.15, -0.1) is 0 Å². The Labute approximate surface area is 235 Å². The highest BCUT2D eigenvalue weighted by atomic mass is 19.4. The van der Waals surface area contributed by atoms with Crippen LogP contribution in [0.15, 0.2) is 67.3 Å². The van der Waals surface area contributed by atoms with Gasteiger partial charge in [0.15, 0.2) is 0 Å². The van der Waals surface area contributed by atoms with Gasteiger partial charge < -0.3 is 10.4 Å². The number of alkyl halides is 3. The van der Waals surface area contributed by atoms with Crippen molar-refractivity contribution >= 4 is 11.9 Å². The van der Waals surface area contributed by atoms with Gasteiger partial charge in [0, 0.05) is 42.0 Å². The Morgan fingerprint density at radius 2 is 1.56 bits per heavy atom. The highest BCUT2D eigenvalue weighted by Crippen LogP contribution is 2.41. The summed E-state index contributed by atoms with van der Waals surface area (Å²) in [5.41, 5.74) is 6.96. The van der Waals surface area contributed by atoms with Crippen molar-refractivity contribution < 1.29 is 33.1 Å². The number of aliphatic carboxylic acids is 1. The molecule has 2 atom stereocenters. The summed E-state index contributed by atoms with van der Waals surface area (Å²) in [6.45, 7) is 4.20. The van der Waals surface area contributed by atoms with Crippen LogP contribution >= 0.6 is 0 Å². The number of piperidine rings is 1. The smallest absolute Gasteiger partial charge is 0.475 e. The molecule has 2 heterocycles. The molecule has 0 bridgehead atoms. The van der Waals surface area contributed by atoms with E-state index in [1.165, 1.54) is 30.4 Å². The number of rotatable bonds is 8. The van der Waals surface area contributed by atoms with E-state index in [1.807, 2.05) is 24.5 Å². The average Bonchev–Trinajstić information content (AvgIpc) is 3.77. The monoisotopic (exact) mass is 571 g/mol. The van der Waals surface area contributed by atoms with Crippen molar-refractivity contribution in [2.75, 3.05) is 19.6 Å². The third-order valence-electron chi connectivity index (χ3n) is 7.37. The molecule has 0 spiro atoms. The van der Waals surface area contributed by atoms with Crippen LogP contribution in [-0.2, 0) is 11.3 Å². The minimum Gasteiger partial charge on any atom is -0.475 e. The summed E-state index contributed by atoms with van der Waals surface area (Å²) in [6.07, 6.45) is 3.82. The summed E-state index contributed by atoms with van der Waals surface area (Å²) in [5.74, 6) is -1.88.